The van der Waals surface area contributed by atoms with Crippen LogP contribution < -0.4 is 11.1 Å². The average Bonchev–Trinajstić information content (AvgIpc) is 2.66. The molecule has 2 aliphatic rings. The first-order chi connectivity index (χ1) is 12.9. The zero-order valence-corrected chi connectivity index (χ0v) is 19.0. The lowest BCUT2D eigenvalue weighted by Crippen LogP contribution is -2.52. The maximum absolute atomic E-state index is 12.6. The Morgan fingerprint density at radius 2 is 1.72 bits per heavy atom. The quantitative estimate of drug-likeness (QED) is 0.747. The minimum absolute atomic E-state index is 0. The Labute approximate surface area is 186 Å². The van der Waals surface area contributed by atoms with E-state index in [-0.39, 0.29) is 42.5 Å². The van der Waals surface area contributed by atoms with E-state index in [9.17, 15) is 9.59 Å². The van der Waals surface area contributed by atoms with Gasteiger partial charge in [-0.25, -0.2) is 0 Å². The Morgan fingerprint density at radius 1 is 1.10 bits per heavy atom. The van der Waals surface area contributed by atoms with Crippen LogP contribution in [0.3, 0.4) is 0 Å². The molecule has 2 fully saturated rings. The number of benzene rings is 1. The Balaban J connectivity index is 0.00000210. The number of hydrogen-bond acceptors (Lipinski definition) is 4. The van der Waals surface area contributed by atoms with Crippen LogP contribution in [0.5, 0.6) is 0 Å². The Kier molecular flexibility index (Phi) is 9.89. The molecule has 1 saturated heterocycles. The lowest BCUT2D eigenvalue weighted by Gasteiger charge is -2.37. The van der Waals surface area contributed by atoms with Gasteiger partial charge in [0.05, 0.1) is 5.92 Å². The van der Waals surface area contributed by atoms with Crippen LogP contribution >= 0.6 is 24.8 Å². The third-order valence-corrected chi connectivity index (χ3v) is 6.03. The first kappa shape index (κ1) is 25.7. The van der Waals surface area contributed by atoms with Crippen molar-refractivity contribution in [1.82, 2.24) is 15.1 Å². The van der Waals surface area contributed by atoms with Crippen molar-refractivity contribution in [3.05, 3.63) is 35.4 Å². The Hall–Kier alpha value is -1.34. The SMILES string of the molecule is CN1CCN(C(=O)c2ccc(CNC(=O)C3CCCCC3(C)N)cc2)CC1.Cl.Cl. The summed E-state index contributed by atoms with van der Waals surface area (Å²) in [4.78, 5) is 29.3. The van der Waals surface area contributed by atoms with Crippen molar-refractivity contribution < 1.29 is 9.59 Å². The number of nitrogens with one attached hydrogen (secondary N) is 1. The van der Waals surface area contributed by atoms with E-state index < -0.39 is 5.54 Å². The minimum atomic E-state index is -0.416. The Morgan fingerprint density at radius 3 is 2.31 bits per heavy atom. The summed E-state index contributed by atoms with van der Waals surface area (Å²) in [5.41, 5.74) is 7.60. The summed E-state index contributed by atoms with van der Waals surface area (Å²) in [7, 11) is 2.07. The smallest absolute Gasteiger partial charge is 0.253 e. The van der Waals surface area contributed by atoms with E-state index in [0.29, 0.717) is 12.1 Å². The van der Waals surface area contributed by atoms with Crippen molar-refractivity contribution in [2.24, 2.45) is 11.7 Å². The topological polar surface area (TPSA) is 78.7 Å². The largest absolute Gasteiger partial charge is 0.352 e. The maximum atomic E-state index is 12.6. The summed E-state index contributed by atoms with van der Waals surface area (Å²) in [5.74, 6) is 0.00131. The normalized spacial score (nSPS) is 24.8. The molecule has 8 heteroatoms. The molecule has 6 nitrogen and oxygen atoms in total. The van der Waals surface area contributed by atoms with Gasteiger partial charge in [-0.2, -0.15) is 0 Å². The second-order valence-electron chi connectivity index (χ2n) is 8.31. The molecule has 3 rings (SSSR count). The van der Waals surface area contributed by atoms with Gasteiger partial charge in [0, 0.05) is 43.8 Å². The second-order valence-corrected chi connectivity index (χ2v) is 8.31. The maximum Gasteiger partial charge on any atom is 0.253 e. The number of nitrogens with two attached hydrogens (primary N) is 1. The molecular formula is C21H34Cl2N4O2. The first-order valence-electron chi connectivity index (χ1n) is 10.0. The fraction of sp³-hybridized carbons (Fsp3) is 0.619. The standard InChI is InChI=1S/C21H32N4O2.2ClH/c1-21(22)10-4-3-5-18(21)19(26)23-15-16-6-8-17(9-7-16)20(27)25-13-11-24(2)12-14-25;;/h6-9,18H,3-5,10-15,22H2,1-2H3,(H,23,26);2*1H. The minimum Gasteiger partial charge on any atom is -0.352 e. The summed E-state index contributed by atoms with van der Waals surface area (Å²) in [6, 6.07) is 7.56. The summed E-state index contributed by atoms with van der Waals surface area (Å²) in [5, 5.41) is 3.02. The van der Waals surface area contributed by atoms with E-state index >= 15 is 0 Å². The van der Waals surface area contributed by atoms with E-state index in [4.69, 9.17) is 5.73 Å². The summed E-state index contributed by atoms with van der Waals surface area (Å²) < 4.78 is 0. The molecule has 2 amide bonds. The molecule has 2 unspecified atom stereocenters. The zero-order valence-electron chi connectivity index (χ0n) is 17.4. The highest BCUT2D eigenvalue weighted by atomic mass is 35.5. The number of likely N-dealkylation sites (N-methyl/N-ethyl adjacent to an activating group) is 1. The van der Waals surface area contributed by atoms with Crippen molar-refractivity contribution in [1.29, 1.82) is 0 Å². The predicted octanol–water partition coefficient (Wildman–Crippen LogP) is 2.44. The van der Waals surface area contributed by atoms with Gasteiger partial charge in [0.25, 0.3) is 5.91 Å². The number of amides is 2. The third kappa shape index (κ3) is 6.57. The number of nitrogens with zero attached hydrogens (tertiary/aromatic N) is 2. The van der Waals surface area contributed by atoms with Crippen molar-refractivity contribution in [3.63, 3.8) is 0 Å². The van der Waals surface area contributed by atoms with Crippen LogP contribution in [0.15, 0.2) is 24.3 Å². The van der Waals surface area contributed by atoms with E-state index in [2.05, 4.69) is 17.3 Å². The zero-order chi connectivity index (χ0) is 19.4. The van der Waals surface area contributed by atoms with Crippen molar-refractivity contribution in [2.75, 3.05) is 33.2 Å². The van der Waals surface area contributed by atoms with Gasteiger partial charge in [-0.05, 0) is 44.5 Å². The lowest BCUT2D eigenvalue weighted by molar-refractivity contribution is -0.128. The highest BCUT2D eigenvalue weighted by Gasteiger charge is 2.37. The number of hydrogen-bond donors (Lipinski definition) is 2. The number of carbonyl (C=O) groups is 2. The van der Waals surface area contributed by atoms with Crippen LogP contribution in [0.25, 0.3) is 0 Å². The van der Waals surface area contributed by atoms with E-state index in [1.54, 1.807) is 0 Å². The van der Waals surface area contributed by atoms with Gasteiger partial charge in [0.15, 0.2) is 0 Å². The van der Waals surface area contributed by atoms with Crippen LogP contribution in [0, 0.1) is 5.92 Å². The van der Waals surface area contributed by atoms with Gasteiger partial charge >= 0.3 is 0 Å². The molecular weight excluding hydrogens is 411 g/mol. The Bertz CT molecular complexity index is 674. The summed E-state index contributed by atoms with van der Waals surface area (Å²) in [6.07, 6.45) is 3.92. The second kappa shape index (κ2) is 11.2. The van der Waals surface area contributed by atoms with Crippen molar-refractivity contribution >= 4 is 36.6 Å². The van der Waals surface area contributed by atoms with Crippen molar-refractivity contribution in [2.45, 2.75) is 44.7 Å². The molecule has 0 radical (unpaired) electrons. The third-order valence-electron chi connectivity index (χ3n) is 6.03. The fourth-order valence-electron chi connectivity index (χ4n) is 4.06. The van der Waals surface area contributed by atoms with Gasteiger partial charge in [-0.1, -0.05) is 25.0 Å². The van der Waals surface area contributed by atoms with Gasteiger partial charge in [0.2, 0.25) is 5.91 Å². The number of halogens is 2. The highest BCUT2D eigenvalue weighted by molar-refractivity contribution is 5.94. The molecule has 0 bridgehead atoms. The number of carbonyl (C=O) groups excluding carboxylic acids is 2. The molecule has 1 heterocycles. The van der Waals surface area contributed by atoms with Gasteiger partial charge < -0.3 is 20.9 Å². The molecule has 3 N–H and O–H groups in total. The van der Waals surface area contributed by atoms with Gasteiger partial charge in [-0.3, -0.25) is 9.59 Å². The van der Waals surface area contributed by atoms with Crippen LogP contribution in [-0.2, 0) is 11.3 Å². The lowest BCUT2D eigenvalue weighted by atomic mass is 9.74. The van der Waals surface area contributed by atoms with E-state index in [0.717, 1.165) is 57.4 Å². The van der Waals surface area contributed by atoms with E-state index in [1.165, 1.54) is 0 Å². The summed E-state index contributed by atoms with van der Waals surface area (Å²) in [6.45, 7) is 5.82. The number of piperazine rings is 1. The van der Waals surface area contributed by atoms with Crippen molar-refractivity contribution in [3.8, 4) is 0 Å². The summed E-state index contributed by atoms with van der Waals surface area (Å²) >= 11 is 0. The molecule has 29 heavy (non-hydrogen) atoms. The molecule has 164 valence electrons. The van der Waals surface area contributed by atoms with Crippen LogP contribution in [0.2, 0.25) is 0 Å². The van der Waals surface area contributed by atoms with Gasteiger partial charge in [-0.15, -0.1) is 24.8 Å². The first-order valence-corrected chi connectivity index (χ1v) is 10.0. The monoisotopic (exact) mass is 444 g/mol. The molecule has 1 aliphatic heterocycles. The molecule has 0 spiro atoms. The number of rotatable bonds is 4. The molecule has 1 aliphatic carbocycles. The molecule has 1 aromatic carbocycles. The highest BCUT2D eigenvalue weighted by Crippen LogP contribution is 2.31. The molecule has 2 atom stereocenters. The predicted molar refractivity (Wildman–Crippen MR) is 121 cm³/mol. The molecule has 1 saturated carbocycles. The average molecular weight is 445 g/mol. The van der Waals surface area contributed by atoms with Gasteiger partial charge in [0.1, 0.15) is 0 Å². The van der Waals surface area contributed by atoms with Crippen LogP contribution in [0.1, 0.15) is 48.5 Å². The van der Waals surface area contributed by atoms with Crippen LogP contribution in [-0.4, -0.2) is 60.4 Å². The van der Waals surface area contributed by atoms with E-state index in [1.807, 2.05) is 36.1 Å². The molecule has 0 aromatic heterocycles. The van der Waals surface area contributed by atoms with Crippen LogP contribution in [0.4, 0.5) is 0 Å². The molecule has 1 aromatic rings. The fourth-order valence-corrected chi connectivity index (χ4v) is 4.06.